The number of nitrogens with zero attached hydrogens (tertiary/aromatic N) is 2. The Morgan fingerprint density at radius 3 is 2.57 bits per heavy atom. The maximum atomic E-state index is 4.07. The number of rotatable bonds is 6. The lowest BCUT2D eigenvalue weighted by Gasteiger charge is -2.30. The van der Waals surface area contributed by atoms with E-state index in [4.69, 9.17) is 0 Å². The van der Waals surface area contributed by atoms with Gasteiger partial charge in [0.05, 0.1) is 0 Å². The van der Waals surface area contributed by atoms with Gasteiger partial charge in [0, 0.05) is 31.5 Å². The van der Waals surface area contributed by atoms with Crippen LogP contribution in [-0.2, 0) is 13.1 Å². The summed E-state index contributed by atoms with van der Waals surface area (Å²) in [7, 11) is 0. The van der Waals surface area contributed by atoms with E-state index < -0.39 is 0 Å². The Kier molecular flexibility index (Phi) is 5.03. The Morgan fingerprint density at radius 2 is 1.86 bits per heavy atom. The van der Waals surface area contributed by atoms with Crippen LogP contribution in [0.15, 0.2) is 42.6 Å². The summed E-state index contributed by atoms with van der Waals surface area (Å²) >= 11 is 0. The van der Waals surface area contributed by atoms with Crippen LogP contribution in [0.5, 0.6) is 0 Å². The molecule has 0 bridgehead atoms. The van der Waals surface area contributed by atoms with E-state index in [1.165, 1.54) is 24.1 Å². The highest BCUT2D eigenvalue weighted by Gasteiger charge is 2.17. The predicted octanol–water partition coefficient (Wildman–Crippen LogP) is 2.41. The van der Waals surface area contributed by atoms with Crippen molar-refractivity contribution < 1.29 is 0 Å². The van der Waals surface area contributed by atoms with E-state index in [-0.39, 0.29) is 0 Å². The molecule has 0 spiro atoms. The van der Waals surface area contributed by atoms with Gasteiger partial charge in [0.25, 0.3) is 0 Å². The van der Waals surface area contributed by atoms with Crippen LogP contribution in [-0.4, -0.2) is 34.7 Å². The van der Waals surface area contributed by atoms with Crippen LogP contribution in [0.1, 0.15) is 24.1 Å². The van der Waals surface area contributed by atoms with Gasteiger partial charge in [0.15, 0.2) is 0 Å². The minimum atomic E-state index is 0.804. The summed E-state index contributed by atoms with van der Waals surface area (Å²) in [6, 6.07) is 12.8. The van der Waals surface area contributed by atoms with Crippen LogP contribution < -0.4 is 5.32 Å². The first-order valence-corrected chi connectivity index (χ1v) is 7.85. The second-order valence-corrected chi connectivity index (χ2v) is 5.93. The highest BCUT2D eigenvalue weighted by atomic mass is 15.2. The van der Waals surface area contributed by atoms with Crippen molar-refractivity contribution in [1.29, 1.82) is 0 Å². The van der Waals surface area contributed by atoms with Crippen molar-refractivity contribution in [2.45, 2.75) is 25.9 Å². The summed E-state index contributed by atoms with van der Waals surface area (Å²) in [5.41, 5.74) is 2.57. The molecule has 1 aliphatic rings. The van der Waals surface area contributed by atoms with Crippen LogP contribution in [0.25, 0.3) is 0 Å². The van der Waals surface area contributed by atoms with E-state index in [1.807, 2.05) is 6.20 Å². The number of aromatic amines is 1. The first-order valence-electron chi connectivity index (χ1n) is 7.85. The molecule has 0 unspecified atom stereocenters. The third-order valence-corrected chi connectivity index (χ3v) is 4.18. The third-order valence-electron chi connectivity index (χ3n) is 4.18. The smallest absolute Gasteiger partial charge is 0.0492 e. The number of benzene rings is 1. The minimum Gasteiger partial charge on any atom is -0.317 e. The van der Waals surface area contributed by atoms with Crippen molar-refractivity contribution in [3.63, 3.8) is 0 Å². The van der Waals surface area contributed by atoms with Crippen molar-refractivity contribution in [3.8, 4) is 0 Å². The summed E-state index contributed by atoms with van der Waals surface area (Å²) in [5.74, 6) is 0.804. The van der Waals surface area contributed by atoms with E-state index in [1.54, 1.807) is 0 Å². The topological polar surface area (TPSA) is 44.0 Å². The molecular formula is C17H24N4. The molecular weight excluding hydrogens is 260 g/mol. The molecule has 2 aromatic rings. The first-order chi connectivity index (χ1) is 10.4. The maximum absolute atomic E-state index is 4.07. The van der Waals surface area contributed by atoms with Gasteiger partial charge in [-0.25, -0.2) is 0 Å². The molecule has 1 aromatic heterocycles. The lowest BCUT2D eigenvalue weighted by molar-refractivity contribution is 0.189. The van der Waals surface area contributed by atoms with Crippen molar-refractivity contribution in [1.82, 2.24) is 20.4 Å². The fourth-order valence-electron chi connectivity index (χ4n) is 3.07. The third kappa shape index (κ3) is 4.41. The van der Waals surface area contributed by atoms with Gasteiger partial charge in [-0.2, -0.15) is 5.10 Å². The number of piperidine rings is 1. The predicted molar refractivity (Wildman–Crippen MR) is 84.7 cm³/mol. The molecule has 0 radical (unpaired) electrons. The second kappa shape index (κ2) is 7.38. The molecule has 4 heteroatoms. The van der Waals surface area contributed by atoms with Crippen LogP contribution in [0.2, 0.25) is 0 Å². The Morgan fingerprint density at radius 1 is 1.05 bits per heavy atom. The summed E-state index contributed by atoms with van der Waals surface area (Å²) in [6.45, 7) is 5.43. The Labute approximate surface area is 126 Å². The highest BCUT2D eigenvalue weighted by molar-refractivity contribution is 5.14. The van der Waals surface area contributed by atoms with Crippen molar-refractivity contribution in [2.75, 3.05) is 19.6 Å². The van der Waals surface area contributed by atoms with Gasteiger partial charge in [0.1, 0.15) is 0 Å². The summed E-state index contributed by atoms with van der Waals surface area (Å²) in [5, 5.41) is 10.6. The molecule has 0 saturated carbocycles. The lowest BCUT2D eigenvalue weighted by atomic mass is 9.97. The fraction of sp³-hybridized carbons (Fsp3) is 0.471. The summed E-state index contributed by atoms with van der Waals surface area (Å²) in [4.78, 5) is 2.54. The number of hydrogen-bond acceptors (Lipinski definition) is 3. The molecule has 4 nitrogen and oxygen atoms in total. The number of hydrogen-bond donors (Lipinski definition) is 2. The monoisotopic (exact) mass is 284 g/mol. The molecule has 2 heterocycles. The zero-order chi connectivity index (χ0) is 14.3. The van der Waals surface area contributed by atoms with Crippen molar-refractivity contribution in [2.24, 2.45) is 5.92 Å². The Balaban J connectivity index is 1.64. The molecule has 0 amide bonds. The molecule has 1 fully saturated rings. The summed E-state index contributed by atoms with van der Waals surface area (Å²) < 4.78 is 0. The van der Waals surface area contributed by atoms with Gasteiger partial charge in [-0.05, 0) is 43.5 Å². The van der Waals surface area contributed by atoms with E-state index in [2.05, 4.69) is 56.8 Å². The van der Waals surface area contributed by atoms with Gasteiger partial charge < -0.3 is 5.32 Å². The molecule has 1 saturated heterocycles. The van der Waals surface area contributed by atoms with E-state index in [0.717, 1.165) is 38.6 Å². The van der Waals surface area contributed by atoms with Crippen molar-refractivity contribution >= 4 is 0 Å². The Hall–Kier alpha value is -1.65. The zero-order valence-corrected chi connectivity index (χ0v) is 12.5. The molecule has 0 atom stereocenters. The van der Waals surface area contributed by atoms with E-state index >= 15 is 0 Å². The standard InChI is InChI=1S/C17H24N4/c1-2-4-15(5-3-1)12-21(14-17-8-11-19-20-17)13-16-6-9-18-10-7-16/h1-5,8,11,16,18H,6-7,9-10,12-14H2,(H,19,20). The minimum absolute atomic E-state index is 0.804. The fourth-order valence-corrected chi connectivity index (χ4v) is 3.07. The number of nitrogens with one attached hydrogen (secondary N) is 2. The summed E-state index contributed by atoms with van der Waals surface area (Å²) in [6.07, 6.45) is 4.41. The van der Waals surface area contributed by atoms with Crippen LogP contribution >= 0.6 is 0 Å². The van der Waals surface area contributed by atoms with Gasteiger partial charge in [-0.1, -0.05) is 30.3 Å². The average Bonchev–Trinajstić information content (AvgIpc) is 3.02. The van der Waals surface area contributed by atoms with Gasteiger partial charge in [0.2, 0.25) is 0 Å². The molecule has 1 aliphatic heterocycles. The van der Waals surface area contributed by atoms with Gasteiger partial charge in [-0.3, -0.25) is 10.00 Å². The average molecular weight is 284 g/mol. The second-order valence-electron chi connectivity index (χ2n) is 5.93. The zero-order valence-electron chi connectivity index (χ0n) is 12.5. The lowest BCUT2D eigenvalue weighted by Crippen LogP contribution is -2.35. The molecule has 112 valence electrons. The quantitative estimate of drug-likeness (QED) is 0.856. The first kappa shape index (κ1) is 14.3. The van der Waals surface area contributed by atoms with Crippen LogP contribution in [0, 0.1) is 5.92 Å². The largest absolute Gasteiger partial charge is 0.317 e. The van der Waals surface area contributed by atoms with Gasteiger partial charge >= 0.3 is 0 Å². The SMILES string of the molecule is c1ccc(CN(Cc2ccn[nH]2)CC2CCNCC2)cc1. The molecule has 21 heavy (non-hydrogen) atoms. The normalized spacial score (nSPS) is 16.4. The van der Waals surface area contributed by atoms with E-state index in [0.29, 0.717) is 0 Å². The van der Waals surface area contributed by atoms with Crippen molar-refractivity contribution in [3.05, 3.63) is 53.9 Å². The molecule has 0 aliphatic carbocycles. The number of H-pyrrole nitrogens is 1. The maximum Gasteiger partial charge on any atom is 0.0492 e. The van der Waals surface area contributed by atoms with E-state index in [9.17, 15) is 0 Å². The number of aromatic nitrogens is 2. The molecule has 3 rings (SSSR count). The highest BCUT2D eigenvalue weighted by Crippen LogP contribution is 2.17. The van der Waals surface area contributed by atoms with Crippen LogP contribution in [0.4, 0.5) is 0 Å². The van der Waals surface area contributed by atoms with Gasteiger partial charge in [-0.15, -0.1) is 0 Å². The molecule has 1 aromatic carbocycles. The van der Waals surface area contributed by atoms with Crippen LogP contribution in [0.3, 0.4) is 0 Å². The molecule has 2 N–H and O–H groups in total. The Bertz CT molecular complexity index is 503.